The van der Waals surface area contributed by atoms with Gasteiger partial charge in [0, 0.05) is 6.26 Å². The second-order valence-electron chi connectivity index (χ2n) is 1.74. The van der Waals surface area contributed by atoms with E-state index in [4.69, 9.17) is 5.11 Å². The fourth-order valence-electron chi connectivity index (χ4n) is 0.214. The van der Waals surface area contributed by atoms with E-state index < -0.39 is 20.9 Å². The Hall–Kier alpha value is -0.650. The second-order valence-corrected chi connectivity index (χ2v) is 3.79. The van der Waals surface area contributed by atoms with Crippen LogP contribution in [0.3, 0.4) is 0 Å². The Labute approximate surface area is 56.9 Å². The molecule has 0 spiro atoms. The van der Waals surface area contributed by atoms with Crippen LogP contribution in [0.15, 0.2) is 12.3 Å². The van der Waals surface area contributed by atoms with Gasteiger partial charge < -0.3 is 5.11 Å². The topological polar surface area (TPSA) is 54.4 Å². The van der Waals surface area contributed by atoms with Crippen LogP contribution in [0.2, 0.25) is 0 Å². The highest BCUT2D eigenvalue weighted by molar-refractivity contribution is 7.91. The van der Waals surface area contributed by atoms with Crippen molar-refractivity contribution < 1.29 is 22.3 Å². The summed E-state index contributed by atoms with van der Waals surface area (Å²) in [5.41, 5.74) is 0. The third-order valence-electron chi connectivity index (χ3n) is 0.802. The third-order valence-corrected chi connectivity index (χ3v) is 1.97. The van der Waals surface area contributed by atoms with Gasteiger partial charge in [-0.2, -0.15) is 8.78 Å². The standard InChI is InChI=1S/C4H6F2O3S/c1-3(7)4(5,6)10(2,8)9/h7H,1H2,2H3. The summed E-state index contributed by atoms with van der Waals surface area (Å²) in [5.74, 6) is -1.66. The van der Waals surface area contributed by atoms with Crippen LogP contribution in [0.25, 0.3) is 0 Å². The molecule has 0 aliphatic rings. The van der Waals surface area contributed by atoms with E-state index in [2.05, 4.69) is 6.58 Å². The van der Waals surface area contributed by atoms with E-state index in [1.165, 1.54) is 0 Å². The maximum Gasteiger partial charge on any atom is 0.400 e. The molecule has 60 valence electrons. The van der Waals surface area contributed by atoms with Crippen LogP contribution in [0, 0.1) is 0 Å². The van der Waals surface area contributed by atoms with Gasteiger partial charge in [0.1, 0.15) is 0 Å². The van der Waals surface area contributed by atoms with Crippen molar-refractivity contribution in [2.75, 3.05) is 6.26 Å². The minimum absolute atomic E-state index is 0.314. The van der Waals surface area contributed by atoms with Crippen LogP contribution in [-0.2, 0) is 9.84 Å². The predicted molar refractivity (Wildman–Crippen MR) is 31.6 cm³/mol. The first-order valence-electron chi connectivity index (χ1n) is 2.15. The van der Waals surface area contributed by atoms with E-state index in [0.29, 0.717) is 6.26 Å². The molecule has 0 saturated carbocycles. The largest absolute Gasteiger partial charge is 0.506 e. The van der Waals surface area contributed by atoms with Crippen molar-refractivity contribution >= 4 is 9.84 Å². The number of rotatable bonds is 2. The van der Waals surface area contributed by atoms with Gasteiger partial charge in [0.05, 0.1) is 0 Å². The minimum Gasteiger partial charge on any atom is -0.506 e. The molecular weight excluding hydrogens is 166 g/mol. The zero-order valence-corrected chi connectivity index (χ0v) is 5.95. The maximum atomic E-state index is 12.1. The van der Waals surface area contributed by atoms with E-state index in [-0.39, 0.29) is 0 Å². The average molecular weight is 172 g/mol. The molecule has 0 atom stereocenters. The smallest absolute Gasteiger partial charge is 0.400 e. The highest BCUT2D eigenvalue weighted by Crippen LogP contribution is 2.26. The van der Waals surface area contributed by atoms with E-state index >= 15 is 0 Å². The molecule has 0 aliphatic heterocycles. The Bertz CT molecular complexity index is 241. The summed E-state index contributed by atoms with van der Waals surface area (Å²) in [6.07, 6.45) is 0.314. The lowest BCUT2D eigenvalue weighted by molar-refractivity contribution is 0.0829. The summed E-state index contributed by atoms with van der Waals surface area (Å²) in [6.45, 7) is 2.42. The van der Waals surface area contributed by atoms with E-state index in [0.717, 1.165) is 0 Å². The molecule has 6 heteroatoms. The molecule has 0 unspecified atom stereocenters. The molecule has 0 aromatic rings. The SMILES string of the molecule is C=C(O)C(F)(F)S(C)(=O)=O. The molecule has 0 rings (SSSR count). The second kappa shape index (κ2) is 2.19. The summed E-state index contributed by atoms with van der Waals surface area (Å²) in [5, 5.41) is 3.86. The number of hydrogen-bond donors (Lipinski definition) is 1. The van der Waals surface area contributed by atoms with Crippen molar-refractivity contribution in [2.45, 2.75) is 5.25 Å². The van der Waals surface area contributed by atoms with E-state index in [1.54, 1.807) is 0 Å². The zero-order chi connectivity index (χ0) is 8.58. The van der Waals surface area contributed by atoms with Crippen LogP contribution in [0.1, 0.15) is 0 Å². The van der Waals surface area contributed by atoms with Gasteiger partial charge in [-0.3, -0.25) is 0 Å². The fourth-order valence-corrected chi connectivity index (χ4v) is 0.642. The molecule has 0 radical (unpaired) electrons. The van der Waals surface area contributed by atoms with Gasteiger partial charge in [-0.05, 0) is 0 Å². The molecule has 0 aromatic carbocycles. The molecular formula is C4H6F2O3S. The van der Waals surface area contributed by atoms with Crippen LogP contribution < -0.4 is 0 Å². The van der Waals surface area contributed by atoms with Crippen LogP contribution >= 0.6 is 0 Å². The molecule has 0 fully saturated rings. The van der Waals surface area contributed by atoms with Gasteiger partial charge in [0.25, 0.3) is 0 Å². The maximum absolute atomic E-state index is 12.1. The Morgan fingerprint density at radius 1 is 1.60 bits per heavy atom. The number of halogens is 2. The summed E-state index contributed by atoms with van der Waals surface area (Å²) >= 11 is 0. The Kier molecular flexibility index (Phi) is 2.05. The van der Waals surface area contributed by atoms with Crippen molar-refractivity contribution in [1.82, 2.24) is 0 Å². The Morgan fingerprint density at radius 3 is 1.90 bits per heavy atom. The zero-order valence-electron chi connectivity index (χ0n) is 5.13. The van der Waals surface area contributed by atoms with Gasteiger partial charge in [0.15, 0.2) is 5.76 Å². The number of sulfone groups is 1. The van der Waals surface area contributed by atoms with E-state index in [9.17, 15) is 17.2 Å². The van der Waals surface area contributed by atoms with Gasteiger partial charge >= 0.3 is 5.25 Å². The molecule has 10 heavy (non-hydrogen) atoms. The van der Waals surface area contributed by atoms with Gasteiger partial charge in [-0.15, -0.1) is 0 Å². The molecule has 0 amide bonds. The Balaban J connectivity index is 4.95. The van der Waals surface area contributed by atoms with Gasteiger partial charge in [-0.25, -0.2) is 8.42 Å². The lowest BCUT2D eigenvalue weighted by Crippen LogP contribution is -2.29. The number of alkyl halides is 2. The molecule has 1 N–H and O–H groups in total. The highest BCUT2D eigenvalue weighted by atomic mass is 32.2. The summed E-state index contributed by atoms with van der Waals surface area (Å²) < 4.78 is 44.5. The molecule has 0 aliphatic carbocycles. The van der Waals surface area contributed by atoms with Crippen molar-refractivity contribution in [3.05, 3.63) is 12.3 Å². The first-order valence-corrected chi connectivity index (χ1v) is 4.04. The molecule has 0 heterocycles. The molecule has 0 bridgehead atoms. The lowest BCUT2D eigenvalue weighted by atomic mass is 10.6. The first kappa shape index (κ1) is 9.35. The monoisotopic (exact) mass is 172 g/mol. The van der Waals surface area contributed by atoms with Crippen molar-refractivity contribution in [1.29, 1.82) is 0 Å². The van der Waals surface area contributed by atoms with Gasteiger partial charge in [-0.1, -0.05) is 6.58 Å². The summed E-state index contributed by atoms with van der Waals surface area (Å²) in [6, 6.07) is 0. The van der Waals surface area contributed by atoms with Crippen molar-refractivity contribution in [2.24, 2.45) is 0 Å². The van der Waals surface area contributed by atoms with E-state index in [1.807, 2.05) is 0 Å². The minimum atomic E-state index is -4.58. The number of hydrogen-bond acceptors (Lipinski definition) is 3. The number of aliphatic hydroxyl groups is 1. The molecule has 3 nitrogen and oxygen atoms in total. The van der Waals surface area contributed by atoms with Gasteiger partial charge in [0.2, 0.25) is 9.84 Å². The lowest BCUT2D eigenvalue weighted by Gasteiger charge is -2.10. The molecule has 0 aromatic heterocycles. The summed E-state index contributed by atoms with van der Waals surface area (Å²) in [4.78, 5) is 0. The van der Waals surface area contributed by atoms with Crippen molar-refractivity contribution in [3.8, 4) is 0 Å². The quantitative estimate of drug-likeness (QED) is 0.623. The van der Waals surface area contributed by atoms with Crippen LogP contribution in [-0.4, -0.2) is 25.0 Å². The van der Waals surface area contributed by atoms with Crippen LogP contribution in [0.4, 0.5) is 8.78 Å². The predicted octanol–water partition coefficient (Wildman–Crippen LogP) is 0.696. The van der Waals surface area contributed by atoms with Crippen LogP contribution in [0.5, 0.6) is 0 Å². The average Bonchev–Trinajstić information content (AvgIpc) is 1.62. The van der Waals surface area contributed by atoms with Crippen molar-refractivity contribution in [3.63, 3.8) is 0 Å². The molecule has 0 saturated heterocycles. The Morgan fingerprint density at radius 2 is 1.90 bits per heavy atom. The number of aliphatic hydroxyl groups excluding tert-OH is 1. The highest BCUT2D eigenvalue weighted by Gasteiger charge is 2.44. The first-order chi connectivity index (χ1) is 4.19. The normalized spacial score (nSPS) is 13.1. The third kappa shape index (κ3) is 1.44. The summed E-state index contributed by atoms with van der Waals surface area (Å²) in [7, 11) is -4.58. The fraction of sp³-hybridized carbons (Fsp3) is 0.500.